The molecular weight excluding hydrogens is 302 g/mol. The minimum Gasteiger partial charge on any atom is -0.495 e. The maximum atomic E-state index is 12.7. The molecule has 1 aliphatic heterocycles. The van der Waals surface area contributed by atoms with Crippen LogP contribution in [-0.2, 0) is 20.6 Å². The van der Waals surface area contributed by atoms with E-state index in [0.29, 0.717) is 31.3 Å². The quantitative estimate of drug-likeness (QED) is 0.795. The van der Waals surface area contributed by atoms with Crippen molar-refractivity contribution in [2.45, 2.75) is 23.8 Å². The summed E-state index contributed by atoms with van der Waals surface area (Å²) in [6, 6.07) is 4.90. The number of hydrogen-bond acceptors (Lipinski definition) is 4. The number of rotatable bonds is 4. The number of ether oxygens (including phenoxy) is 2. The van der Waals surface area contributed by atoms with Crippen molar-refractivity contribution in [1.82, 2.24) is 4.31 Å². The number of nitrogens with zero attached hydrogens (tertiary/aromatic N) is 1. The maximum absolute atomic E-state index is 12.7. The summed E-state index contributed by atoms with van der Waals surface area (Å²) < 4.78 is 37.3. The molecule has 1 aliphatic rings. The second-order valence-corrected chi connectivity index (χ2v) is 6.84. The van der Waals surface area contributed by atoms with Gasteiger partial charge in [-0.05, 0) is 24.6 Å². The van der Waals surface area contributed by atoms with Crippen molar-refractivity contribution in [1.29, 1.82) is 0 Å². The van der Waals surface area contributed by atoms with Gasteiger partial charge in [-0.3, -0.25) is 0 Å². The monoisotopic (exact) mass is 319 g/mol. The second kappa shape index (κ2) is 6.30. The third kappa shape index (κ3) is 3.09. The zero-order valence-corrected chi connectivity index (χ0v) is 13.1. The molecule has 5 nitrogen and oxygen atoms in total. The van der Waals surface area contributed by atoms with Gasteiger partial charge in [0.25, 0.3) is 0 Å². The Morgan fingerprint density at radius 2 is 2.25 bits per heavy atom. The van der Waals surface area contributed by atoms with Crippen molar-refractivity contribution < 1.29 is 17.9 Å². The number of methoxy groups -OCH3 is 1. The van der Waals surface area contributed by atoms with Crippen LogP contribution in [0.15, 0.2) is 23.1 Å². The van der Waals surface area contributed by atoms with Crippen molar-refractivity contribution in [2.24, 2.45) is 0 Å². The molecule has 0 spiro atoms. The van der Waals surface area contributed by atoms with Crippen molar-refractivity contribution in [3.63, 3.8) is 0 Å². The molecule has 1 saturated heterocycles. The Hall–Kier alpha value is -0.820. The SMILES string of the molecule is COc1cc(CCl)ccc1S(=O)(=O)N1CCOC(C)C1. The molecule has 1 fully saturated rings. The van der Waals surface area contributed by atoms with E-state index >= 15 is 0 Å². The fourth-order valence-corrected chi connectivity index (χ4v) is 3.95. The summed E-state index contributed by atoms with van der Waals surface area (Å²) in [6.45, 7) is 2.97. The Balaban J connectivity index is 2.38. The van der Waals surface area contributed by atoms with Gasteiger partial charge in [-0.2, -0.15) is 4.31 Å². The number of sulfonamides is 1. The van der Waals surface area contributed by atoms with E-state index in [9.17, 15) is 8.42 Å². The van der Waals surface area contributed by atoms with E-state index in [0.717, 1.165) is 5.56 Å². The van der Waals surface area contributed by atoms with Crippen LogP contribution in [0.2, 0.25) is 0 Å². The zero-order chi connectivity index (χ0) is 14.8. The van der Waals surface area contributed by atoms with E-state index < -0.39 is 10.0 Å². The molecule has 1 aromatic carbocycles. The molecule has 1 unspecified atom stereocenters. The highest BCUT2D eigenvalue weighted by atomic mass is 35.5. The third-order valence-corrected chi connectivity index (χ3v) is 5.42. The van der Waals surface area contributed by atoms with E-state index in [1.807, 2.05) is 6.92 Å². The average Bonchev–Trinajstić information content (AvgIpc) is 2.46. The van der Waals surface area contributed by atoms with Crippen LogP contribution >= 0.6 is 11.6 Å². The number of hydrogen-bond donors (Lipinski definition) is 0. The first-order chi connectivity index (χ1) is 9.48. The van der Waals surface area contributed by atoms with Gasteiger partial charge in [0.05, 0.1) is 19.8 Å². The molecule has 20 heavy (non-hydrogen) atoms. The molecule has 0 radical (unpaired) electrons. The second-order valence-electron chi connectivity index (χ2n) is 4.66. The minimum absolute atomic E-state index is 0.105. The van der Waals surface area contributed by atoms with Gasteiger partial charge in [0.1, 0.15) is 10.6 Å². The summed E-state index contributed by atoms with van der Waals surface area (Å²) in [5, 5.41) is 0. The third-order valence-electron chi connectivity index (χ3n) is 3.20. The molecule has 112 valence electrons. The van der Waals surface area contributed by atoms with Gasteiger partial charge in [0, 0.05) is 19.0 Å². The van der Waals surface area contributed by atoms with E-state index in [4.69, 9.17) is 21.1 Å². The number of halogens is 1. The Bertz CT molecular complexity index is 576. The predicted octanol–water partition coefficient (Wildman–Crippen LogP) is 1.84. The molecule has 1 aromatic rings. The fourth-order valence-electron chi connectivity index (χ4n) is 2.15. The molecule has 7 heteroatoms. The zero-order valence-electron chi connectivity index (χ0n) is 11.5. The van der Waals surface area contributed by atoms with Crippen LogP contribution in [-0.4, -0.2) is 45.6 Å². The van der Waals surface area contributed by atoms with Crippen LogP contribution in [0.3, 0.4) is 0 Å². The largest absolute Gasteiger partial charge is 0.495 e. The lowest BCUT2D eigenvalue weighted by Crippen LogP contribution is -2.44. The van der Waals surface area contributed by atoms with Crippen LogP contribution in [0.25, 0.3) is 0 Å². The number of alkyl halides is 1. The van der Waals surface area contributed by atoms with Crippen LogP contribution in [0, 0.1) is 0 Å². The molecule has 0 N–H and O–H groups in total. The highest BCUT2D eigenvalue weighted by Crippen LogP contribution is 2.29. The van der Waals surface area contributed by atoms with Gasteiger partial charge in [-0.15, -0.1) is 11.6 Å². The van der Waals surface area contributed by atoms with Gasteiger partial charge in [-0.25, -0.2) is 8.42 Å². The smallest absolute Gasteiger partial charge is 0.246 e. The summed E-state index contributed by atoms with van der Waals surface area (Å²) in [5.74, 6) is 0.632. The molecule has 1 atom stereocenters. The van der Waals surface area contributed by atoms with Gasteiger partial charge < -0.3 is 9.47 Å². The van der Waals surface area contributed by atoms with E-state index in [-0.39, 0.29) is 11.0 Å². The topological polar surface area (TPSA) is 55.8 Å². The summed E-state index contributed by atoms with van der Waals surface area (Å²) >= 11 is 5.76. The predicted molar refractivity (Wildman–Crippen MR) is 76.7 cm³/mol. The summed E-state index contributed by atoms with van der Waals surface area (Å²) in [7, 11) is -2.12. The Labute approximate surface area is 124 Å². The summed E-state index contributed by atoms with van der Waals surface area (Å²) in [6.07, 6.45) is -0.105. The van der Waals surface area contributed by atoms with Crippen LogP contribution in [0.4, 0.5) is 0 Å². The first-order valence-electron chi connectivity index (χ1n) is 6.33. The number of morpholine rings is 1. The van der Waals surface area contributed by atoms with Crippen molar-refractivity contribution >= 4 is 21.6 Å². The van der Waals surface area contributed by atoms with Crippen molar-refractivity contribution in [3.05, 3.63) is 23.8 Å². The molecule has 0 bridgehead atoms. The van der Waals surface area contributed by atoms with Crippen molar-refractivity contribution in [2.75, 3.05) is 26.8 Å². The summed E-state index contributed by atoms with van der Waals surface area (Å²) in [5.41, 5.74) is 0.817. The lowest BCUT2D eigenvalue weighted by atomic mass is 10.2. The van der Waals surface area contributed by atoms with E-state index in [2.05, 4.69) is 0 Å². The molecule has 1 heterocycles. The molecule has 0 aromatic heterocycles. The molecular formula is C13H18ClNO4S. The number of benzene rings is 1. The van der Waals surface area contributed by atoms with Gasteiger partial charge >= 0.3 is 0 Å². The van der Waals surface area contributed by atoms with Crippen LogP contribution in [0.1, 0.15) is 12.5 Å². The molecule has 2 rings (SSSR count). The highest BCUT2D eigenvalue weighted by Gasteiger charge is 2.31. The summed E-state index contributed by atoms with van der Waals surface area (Å²) in [4.78, 5) is 0.169. The lowest BCUT2D eigenvalue weighted by molar-refractivity contribution is 0.0101. The van der Waals surface area contributed by atoms with Crippen molar-refractivity contribution in [3.8, 4) is 5.75 Å². The first kappa shape index (κ1) is 15.6. The molecule has 0 saturated carbocycles. The lowest BCUT2D eigenvalue weighted by Gasteiger charge is -2.30. The Kier molecular flexibility index (Phi) is 4.90. The fraction of sp³-hybridized carbons (Fsp3) is 0.538. The van der Waals surface area contributed by atoms with Gasteiger partial charge in [0.2, 0.25) is 10.0 Å². The minimum atomic E-state index is -3.58. The van der Waals surface area contributed by atoms with Gasteiger partial charge in [0.15, 0.2) is 0 Å². The molecule has 0 amide bonds. The Morgan fingerprint density at radius 1 is 1.50 bits per heavy atom. The highest BCUT2D eigenvalue weighted by molar-refractivity contribution is 7.89. The van der Waals surface area contributed by atoms with Crippen LogP contribution < -0.4 is 4.74 Å². The standard InChI is InChI=1S/C13H18ClNO4S/c1-10-9-15(5-6-19-10)20(16,17)13-4-3-11(8-14)7-12(13)18-2/h3-4,7,10H,5-6,8-9H2,1-2H3. The van der Waals surface area contributed by atoms with Crippen LogP contribution in [0.5, 0.6) is 5.75 Å². The maximum Gasteiger partial charge on any atom is 0.246 e. The molecule has 0 aliphatic carbocycles. The van der Waals surface area contributed by atoms with E-state index in [1.54, 1.807) is 18.2 Å². The normalized spacial score (nSPS) is 20.9. The average molecular weight is 320 g/mol. The Morgan fingerprint density at radius 3 is 2.85 bits per heavy atom. The first-order valence-corrected chi connectivity index (χ1v) is 8.31. The van der Waals surface area contributed by atoms with Gasteiger partial charge in [-0.1, -0.05) is 6.07 Å². The van der Waals surface area contributed by atoms with E-state index in [1.165, 1.54) is 11.4 Å².